The Morgan fingerprint density at radius 2 is 1.84 bits per heavy atom. The number of aryl methyl sites for hydroxylation is 1. The van der Waals surface area contributed by atoms with Gasteiger partial charge in [0.25, 0.3) is 11.5 Å². The van der Waals surface area contributed by atoms with E-state index in [0.717, 1.165) is 28.1 Å². The molecule has 0 radical (unpaired) electrons. The number of carbonyl (C=O) groups is 1. The van der Waals surface area contributed by atoms with Crippen LogP contribution >= 0.6 is 0 Å². The van der Waals surface area contributed by atoms with Crippen molar-refractivity contribution in [1.29, 1.82) is 0 Å². The van der Waals surface area contributed by atoms with Gasteiger partial charge in [-0.1, -0.05) is 12.1 Å². The number of rotatable bonds is 7. The lowest BCUT2D eigenvalue weighted by molar-refractivity contribution is 0.0310. The summed E-state index contributed by atoms with van der Waals surface area (Å²) in [5, 5.41) is 23.7. The lowest BCUT2D eigenvalue weighted by atomic mass is 9.94. The fourth-order valence-electron chi connectivity index (χ4n) is 5.94. The van der Waals surface area contributed by atoms with E-state index in [1.807, 2.05) is 60.3 Å². The average Bonchev–Trinajstić information content (AvgIpc) is 2.98. The first-order valence-electron chi connectivity index (χ1n) is 14.3. The molecule has 222 valence electrons. The molecule has 3 N–H and O–H groups in total. The van der Waals surface area contributed by atoms with Crippen molar-refractivity contribution >= 4 is 34.5 Å². The maximum absolute atomic E-state index is 13.6. The first-order chi connectivity index (χ1) is 20.5. The fraction of sp³-hybridized carbons (Fsp3) is 0.303. The van der Waals surface area contributed by atoms with Crippen molar-refractivity contribution in [3.05, 3.63) is 94.0 Å². The van der Waals surface area contributed by atoms with Crippen molar-refractivity contribution in [2.24, 2.45) is 7.05 Å². The van der Waals surface area contributed by atoms with Crippen LogP contribution in [0.5, 0.6) is 0 Å². The van der Waals surface area contributed by atoms with Gasteiger partial charge in [-0.2, -0.15) is 0 Å². The molecule has 0 atom stereocenters. The van der Waals surface area contributed by atoms with Crippen molar-refractivity contribution in [3.8, 4) is 11.1 Å². The van der Waals surface area contributed by atoms with Crippen LogP contribution in [0.4, 0.5) is 28.6 Å². The van der Waals surface area contributed by atoms with E-state index in [1.54, 1.807) is 43.4 Å². The van der Waals surface area contributed by atoms with Crippen LogP contribution < -0.4 is 25.6 Å². The molecule has 2 aliphatic heterocycles. The molecule has 10 nitrogen and oxygen atoms in total. The zero-order chi connectivity index (χ0) is 30.5. The predicted molar refractivity (Wildman–Crippen MR) is 170 cm³/mol. The summed E-state index contributed by atoms with van der Waals surface area (Å²) in [6.45, 7) is 3.11. The highest BCUT2D eigenvalue weighted by Gasteiger charge is 2.36. The van der Waals surface area contributed by atoms with Gasteiger partial charge >= 0.3 is 0 Å². The van der Waals surface area contributed by atoms with Gasteiger partial charge in [-0.25, -0.2) is 4.98 Å². The Balaban J connectivity index is 1.30. The molecule has 0 spiro atoms. The van der Waals surface area contributed by atoms with Gasteiger partial charge in [-0.3, -0.25) is 9.59 Å². The highest BCUT2D eigenvalue weighted by atomic mass is 16.3. The summed E-state index contributed by atoms with van der Waals surface area (Å²) < 4.78 is 1.49. The Kier molecular flexibility index (Phi) is 7.19. The third kappa shape index (κ3) is 5.35. The second kappa shape index (κ2) is 10.9. The summed E-state index contributed by atoms with van der Waals surface area (Å²) in [7, 11) is 5.63. The molecule has 1 fully saturated rings. The van der Waals surface area contributed by atoms with E-state index in [-0.39, 0.29) is 18.1 Å². The number of aliphatic hydroxyl groups is 2. The van der Waals surface area contributed by atoms with E-state index in [4.69, 9.17) is 0 Å². The largest absolute Gasteiger partial charge is 0.392 e. The van der Waals surface area contributed by atoms with Crippen molar-refractivity contribution < 1.29 is 15.0 Å². The van der Waals surface area contributed by atoms with Gasteiger partial charge in [0.1, 0.15) is 11.5 Å². The highest BCUT2D eigenvalue weighted by molar-refractivity contribution is 6.09. The lowest BCUT2D eigenvalue weighted by Gasteiger charge is -2.45. The van der Waals surface area contributed by atoms with Gasteiger partial charge in [-0.15, -0.1) is 0 Å². The van der Waals surface area contributed by atoms with E-state index in [1.165, 1.54) is 4.57 Å². The summed E-state index contributed by atoms with van der Waals surface area (Å²) in [5.74, 6) is 0.411. The number of aromatic nitrogens is 2. The second-order valence-corrected chi connectivity index (χ2v) is 11.8. The standard InChI is InChI=1S/C33H36N6O4/c1-33(43)19-38(20-33)24-9-11-30(34-16-24)35-28-15-22(17-37(4)32(28)42)25-6-5-7-29(27(25)18-40)39-13-12-21-14-23(36(2)3)8-10-26(21)31(39)41/h5-11,14-17,40,43H,12-13,18-20H2,1-4H3,(H,34,35). The molecule has 2 aromatic heterocycles. The van der Waals surface area contributed by atoms with Gasteiger partial charge in [0.05, 0.1) is 29.8 Å². The number of anilines is 5. The Morgan fingerprint density at radius 3 is 2.51 bits per heavy atom. The molecule has 2 aliphatic rings. The van der Waals surface area contributed by atoms with Crippen molar-refractivity contribution in [3.63, 3.8) is 0 Å². The Hall–Kier alpha value is -4.67. The summed E-state index contributed by atoms with van der Waals surface area (Å²) in [5.41, 5.74) is 5.76. The third-order valence-electron chi connectivity index (χ3n) is 8.22. The van der Waals surface area contributed by atoms with Gasteiger partial charge in [-0.05, 0) is 66.9 Å². The van der Waals surface area contributed by atoms with Crippen molar-refractivity contribution in [2.45, 2.75) is 25.6 Å². The van der Waals surface area contributed by atoms with Gasteiger partial charge in [0, 0.05) is 69.4 Å². The predicted octanol–water partition coefficient (Wildman–Crippen LogP) is 3.52. The number of benzene rings is 2. The molecule has 43 heavy (non-hydrogen) atoms. The van der Waals surface area contributed by atoms with Gasteiger partial charge in [0.2, 0.25) is 0 Å². The number of aliphatic hydroxyl groups excluding tert-OH is 1. The molecule has 6 rings (SSSR count). The molecule has 4 aromatic rings. The number of fused-ring (bicyclic) bond motifs is 1. The average molecular weight is 581 g/mol. The maximum atomic E-state index is 13.6. The lowest BCUT2D eigenvalue weighted by Crippen LogP contribution is -2.60. The molecule has 0 bridgehead atoms. The maximum Gasteiger partial charge on any atom is 0.274 e. The first kappa shape index (κ1) is 28.4. The van der Waals surface area contributed by atoms with Gasteiger partial charge in [0.15, 0.2) is 0 Å². The van der Waals surface area contributed by atoms with Gasteiger partial charge < -0.3 is 34.8 Å². The van der Waals surface area contributed by atoms with Crippen molar-refractivity contribution in [2.75, 3.05) is 53.7 Å². The topological polar surface area (TPSA) is 114 Å². The molecule has 1 saturated heterocycles. The Morgan fingerprint density at radius 1 is 1.05 bits per heavy atom. The van der Waals surface area contributed by atoms with E-state index in [2.05, 4.69) is 16.4 Å². The Bertz CT molecular complexity index is 1750. The van der Waals surface area contributed by atoms with Crippen molar-refractivity contribution in [1.82, 2.24) is 9.55 Å². The molecule has 0 unspecified atom stereocenters. The number of nitrogens with one attached hydrogen (secondary N) is 1. The summed E-state index contributed by atoms with van der Waals surface area (Å²) >= 11 is 0. The number of nitrogens with zero attached hydrogens (tertiary/aromatic N) is 5. The number of carbonyl (C=O) groups excluding carboxylic acids is 1. The minimum absolute atomic E-state index is 0.0995. The Labute approximate surface area is 250 Å². The number of amides is 1. The van der Waals surface area contributed by atoms with Crippen LogP contribution in [0, 0.1) is 0 Å². The van der Waals surface area contributed by atoms with E-state index in [0.29, 0.717) is 54.4 Å². The zero-order valence-corrected chi connectivity index (χ0v) is 24.8. The molecular formula is C33H36N6O4. The quantitative estimate of drug-likeness (QED) is 0.304. The number of hydrogen-bond donors (Lipinski definition) is 3. The molecular weight excluding hydrogens is 544 g/mol. The van der Waals surface area contributed by atoms with Crippen LogP contribution in [-0.2, 0) is 20.1 Å². The number of β-amino-alcohol motifs (C(OH)–C–C–N with tert-alkyl or cyclic N) is 1. The third-order valence-corrected chi connectivity index (χ3v) is 8.22. The molecule has 10 heteroatoms. The summed E-state index contributed by atoms with van der Waals surface area (Å²) in [6, 6.07) is 16.9. The smallest absolute Gasteiger partial charge is 0.274 e. The molecule has 2 aromatic carbocycles. The van der Waals surface area contributed by atoms with Crippen LogP contribution in [0.1, 0.15) is 28.4 Å². The van der Waals surface area contributed by atoms with Crippen LogP contribution in [0.3, 0.4) is 0 Å². The SMILES string of the molecule is CN(C)c1ccc2c(c1)CCN(c1cccc(-c3cc(Nc4ccc(N5CC(C)(O)C5)cn4)c(=O)n(C)c3)c1CO)C2=O. The molecule has 0 aliphatic carbocycles. The summed E-state index contributed by atoms with van der Waals surface area (Å²) in [4.78, 5) is 37.0. The first-order valence-corrected chi connectivity index (χ1v) is 14.3. The number of pyridine rings is 2. The van der Waals surface area contributed by atoms with Crippen LogP contribution in [0.2, 0.25) is 0 Å². The second-order valence-electron chi connectivity index (χ2n) is 11.8. The van der Waals surface area contributed by atoms with E-state index < -0.39 is 5.60 Å². The number of hydrogen-bond acceptors (Lipinski definition) is 8. The van der Waals surface area contributed by atoms with Crippen LogP contribution in [0.25, 0.3) is 11.1 Å². The normalized spacial score (nSPS) is 15.6. The van der Waals surface area contributed by atoms with Crippen LogP contribution in [0.15, 0.2) is 71.8 Å². The van der Waals surface area contributed by atoms with E-state index >= 15 is 0 Å². The minimum atomic E-state index is -0.684. The summed E-state index contributed by atoms with van der Waals surface area (Å²) in [6.07, 6.45) is 4.15. The molecule has 4 heterocycles. The molecule has 1 amide bonds. The zero-order valence-electron chi connectivity index (χ0n) is 24.8. The fourth-order valence-corrected chi connectivity index (χ4v) is 5.94. The highest BCUT2D eigenvalue weighted by Crippen LogP contribution is 2.35. The van der Waals surface area contributed by atoms with E-state index in [9.17, 15) is 19.8 Å². The minimum Gasteiger partial charge on any atom is -0.392 e. The monoisotopic (exact) mass is 580 g/mol. The van der Waals surface area contributed by atoms with Crippen LogP contribution in [-0.4, -0.2) is 65.0 Å². The molecule has 0 saturated carbocycles.